The topological polar surface area (TPSA) is 101 Å². The van der Waals surface area contributed by atoms with Gasteiger partial charge in [-0.05, 0) is 49.7 Å². The number of methoxy groups -OCH3 is 1. The molecule has 0 radical (unpaired) electrons. The van der Waals surface area contributed by atoms with Gasteiger partial charge in [-0.25, -0.2) is 4.98 Å². The van der Waals surface area contributed by atoms with E-state index < -0.39 is 0 Å². The van der Waals surface area contributed by atoms with Crippen LogP contribution in [0, 0.1) is 6.92 Å². The number of fused-ring (bicyclic) bond motifs is 1. The van der Waals surface area contributed by atoms with Crippen molar-refractivity contribution in [3.8, 4) is 16.9 Å². The average molecular weight is 585 g/mol. The minimum absolute atomic E-state index is 0.215. The molecule has 10 heteroatoms. The molecule has 2 aromatic heterocycles. The monoisotopic (exact) mass is 584 g/mol. The summed E-state index contributed by atoms with van der Waals surface area (Å²) >= 11 is 6.87. The Hall–Kier alpha value is -4.47. The van der Waals surface area contributed by atoms with E-state index in [0.717, 1.165) is 52.2 Å². The maximum atomic E-state index is 13.3. The molecule has 0 atom stereocenters. The van der Waals surface area contributed by atoms with Crippen molar-refractivity contribution in [2.24, 2.45) is 7.05 Å². The number of amides is 2. The number of hydrogen-bond acceptors (Lipinski definition) is 6. The third-order valence-corrected chi connectivity index (χ3v) is 7.95. The van der Waals surface area contributed by atoms with E-state index in [9.17, 15) is 9.59 Å². The summed E-state index contributed by atoms with van der Waals surface area (Å²) in [7, 11) is 5.45. The molecule has 2 amide bonds. The molecule has 0 fully saturated rings. The number of imidazole rings is 1. The average Bonchev–Trinajstić information content (AvgIpc) is 3.30. The molecule has 1 aliphatic heterocycles. The third kappa shape index (κ3) is 5.53. The zero-order valence-electron chi connectivity index (χ0n) is 24.3. The number of benzene rings is 2. The van der Waals surface area contributed by atoms with Crippen LogP contribution in [0.25, 0.3) is 16.7 Å². The lowest BCUT2D eigenvalue weighted by molar-refractivity contribution is 0.100. The zero-order chi connectivity index (χ0) is 30.1. The molecule has 216 valence electrons. The molecular weight excluding hydrogens is 552 g/mol. The number of hydrogen-bond donors (Lipinski definition) is 2. The largest absolute Gasteiger partial charge is 0.496 e. The minimum Gasteiger partial charge on any atom is -0.496 e. The predicted octanol–water partition coefficient (Wildman–Crippen LogP) is 5.98. The number of carbonyl (C=O) groups is 2. The first-order chi connectivity index (χ1) is 20.1. The lowest BCUT2D eigenvalue weighted by Gasteiger charge is -2.21. The SMILES string of the molecule is C=C(C)c1cnc(C(=O)Nc2cccc(-c3cccc(NC(=O)c4nc5c(n4C)CCN(C)C5)c3Cl)c2C)cc1OC. The number of likely N-dealkylation sites (N-methyl/N-ethyl adjacent to an activating group) is 1. The maximum absolute atomic E-state index is 13.3. The highest BCUT2D eigenvalue weighted by Crippen LogP contribution is 2.38. The lowest BCUT2D eigenvalue weighted by Crippen LogP contribution is -2.27. The fraction of sp³-hybridized carbons (Fsp3) is 0.250. The number of ether oxygens (including phenoxy) is 1. The molecule has 0 aliphatic carbocycles. The van der Waals surface area contributed by atoms with Crippen LogP contribution in [-0.4, -0.2) is 52.0 Å². The van der Waals surface area contributed by atoms with Gasteiger partial charge in [-0.3, -0.25) is 14.6 Å². The molecule has 4 aromatic rings. The number of anilines is 2. The van der Waals surface area contributed by atoms with Gasteiger partial charge in [0.15, 0.2) is 5.82 Å². The molecule has 0 unspecified atom stereocenters. The van der Waals surface area contributed by atoms with Gasteiger partial charge in [0.2, 0.25) is 0 Å². The van der Waals surface area contributed by atoms with E-state index >= 15 is 0 Å². The van der Waals surface area contributed by atoms with Crippen molar-refractivity contribution >= 4 is 40.4 Å². The molecule has 3 heterocycles. The summed E-state index contributed by atoms with van der Waals surface area (Å²) in [6.07, 6.45) is 2.42. The Morgan fingerprint density at radius 1 is 1.05 bits per heavy atom. The number of nitrogens with one attached hydrogen (secondary N) is 2. The first-order valence-corrected chi connectivity index (χ1v) is 13.9. The fourth-order valence-electron chi connectivity index (χ4n) is 5.18. The van der Waals surface area contributed by atoms with Crippen LogP contribution in [0.15, 0.2) is 55.2 Å². The van der Waals surface area contributed by atoms with Gasteiger partial charge in [-0.2, -0.15) is 0 Å². The fourth-order valence-corrected chi connectivity index (χ4v) is 5.45. The molecule has 2 aromatic carbocycles. The lowest BCUT2D eigenvalue weighted by atomic mass is 9.98. The summed E-state index contributed by atoms with van der Waals surface area (Å²) in [5, 5.41) is 6.28. The van der Waals surface area contributed by atoms with Crippen molar-refractivity contribution in [2.75, 3.05) is 31.3 Å². The van der Waals surface area contributed by atoms with Crippen molar-refractivity contribution in [3.63, 3.8) is 0 Å². The number of halogens is 1. The van der Waals surface area contributed by atoms with Crippen molar-refractivity contribution in [1.82, 2.24) is 19.4 Å². The summed E-state index contributed by atoms with van der Waals surface area (Å²) in [4.78, 5) is 37.5. The van der Waals surface area contributed by atoms with Gasteiger partial charge in [-0.1, -0.05) is 42.4 Å². The van der Waals surface area contributed by atoms with Crippen LogP contribution < -0.4 is 15.4 Å². The van der Waals surface area contributed by atoms with Crippen LogP contribution in [0.1, 0.15) is 50.5 Å². The van der Waals surface area contributed by atoms with E-state index in [1.807, 2.05) is 62.8 Å². The first kappa shape index (κ1) is 29.0. The van der Waals surface area contributed by atoms with Crippen molar-refractivity contribution in [1.29, 1.82) is 0 Å². The van der Waals surface area contributed by atoms with Crippen molar-refractivity contribution in [3.05, 3.63) is 94.3 Å². The standard InChI is InChI=1S/C32H33ClN6O3/c1-18(2)22-16-34-25(15-28(22)42-6)31(40)36-23-11-7-9-20(19(23)3)21-10-8-12-24(29(21)33)37-32(41)30-35-26-17-38(4)14-13-27(26)39(30)5/h7-12,15-16H,1,13-14,17H2,2-6H3,(H,36,40)(H,37,41). The van der Waals surface area contributed by atoms with E-state index in [0.29, 0.717) is 34.5 Å². The number of nitrogens with zero attached hydrogens (tertiary/aromatic N) is 4. The Balaban J connectivity index is 1.39. The van der Waals surface area contributed by atoms with E-state index in [1.165, 1.54) is 0 Å². The molecule has 0 bridgehead atoms. The first-order valence-electron chi connectivity index (χ1n) is 13.5. The molecular formula is C32H33ClN6O3. The normalized spacial score (nSPS) is 12.9. The van der Waals surface area contributed by atoms with Gasteiger partial charge in [0.05, 0.1) is 23.5 Å². The second kappa shape index (κ2) is 11.8. The highest BCUT2D eigenvalue weighted by Gasteiger charge is 2.25. The van der Waals surface area contributed by atoms with Gasteiger partial charge in [0.25, 0.3) is 11.8 Å². The molecule has 0 saturated carbocycles. The number of aromatic nitrogens is 3. The van der Waals surface area contributed by atoms with Gasteiger partial charge < -0.3 is 24.8 Å². The Kier molecular flexibility index (Phi) is 8.15. The molecule has 0 spiro atoms. The van der Waals surface area contributed by atoms with Crippen LogP contribution in [0.3, 0.4) is 0 Å². The Morgan fingerprint density at radius 2 is 1.74 bits per heavy atom. The molecule has 2 N–H and O–H groups in total. The molecule has 9 nitrogen and oxygen atoms in total. The van der Waals surface area contributed by atoms with Gasteiger partial charge in [0, 0.05) is 61.3 Å². The van der Waals surface area contributed by atoms with Crippen LogP contribution in [0.4, 0.5) is 11.4 Å². The summed E-state index contributed by atoms with van der Waals surface area (Å²) in [5.74, 6) is 0.167. The Bertz CT molecular complexity index is 1730. The quantitative estimate of drug-likeness (QED) is 0.277. The Morgan fingerprint density at radius 3 is 2.45 bits per heavy atom. The molecule has 42 heavy (non-hydrogen) atoms. The highest BCUT2D eigenvalue weighted by molar-refractivity contribution is 6.36. The van der Waals surface area contributed by atoms with E-state index in [4.69, 9.17) is 16.3 Å². The summed E-state index contributed by atoms with van der Waals surface area (Å²) in [6, 6.07) is 12.6. The number of pyridine rings is 1. The second-order valence-electron chi connectivity index (χ2n) is 10.5. The van der Waals surface area contributed by atoms with Crippen LogP contribution >= 0.6 is 11.6 Å². The van der Waals surface area contributed by atoms with E-state index in [-0.39, 0.29) is 17.5 Å². The van der Waals surface area contributed by atoms with Crippen LogP contribution in [0.5, 0.6) is 5.75 Å². The van der Waals surface area contributed by atoms with Crippen LogP contribution in [-0.2, 0) is 20.0 Å². The summed E-state index contributed by atoms with van der Waals surface area (Å²) in [6.45, 7) is 9.32. The van der Waals surface area contributed by atoms with Crippen molar-refractivity contribution < 1.29 is 14.3 Å². The van der Waals surface area contributed by atoms with Gasteiger partial charge >= 0.3 is 0 Å². The number of allylic oxidation sites excluding steroid dienone is 1. The second-order valence-corrected chi connectivity index (χ2v) is 10.9. The third-order valence-electron chi connectivity index (χ3n) is 7.55. The molecule has 0 saturated heterocycles. The number of carbonyl (C=O) groups excluding carboxylic acids is 2. The highest BCUT2D eigenvalue weighted by atomic mass is 35.5. The van der Waals surface area contributed by atoms with Crippen LogP contribution in [0.2, 0.25) is 5.02 Å². The summed E-state index contributed by atoms with van der Waals surface area (Å²) in [5.41, 5.74) is 7.16. The van der Waals surface area contributed by atoms with E-state index in [2.05, 4.69) is 32.1 Å². The van der Waals surface area contributed by atoms with Gasteiger partial charge in [0.1, 0.15) is 11.4 Å². The molecule has 1 aliphatic rings. The number of rotatable bonds is 7. The van der Waals surface area contributed by atoms with Gasteiger partial charge in [-0.15, -0.1) is 0 Å². The molecule has 5 rings (SSSR count). The van der Waals surface area contributed by atoms with E-state index in [1.54, 1.807) is 25.4 Å². The predicted molar refractivity (Wildman–Crippen MR) is 166 cm³/mol. The minimum atomic E-state index is -0.377. The zero-order valence-corrected chi connectivity index (χ0v) is 25.1. The Labute approximate surface area is 250 Å². The summed E-state index contributed by atoms with van der Waals surface area (Å²) < 4.78 is 7.29. The maximum Gasteiger partial charge on any atom is 0.291 e. The van der Waals surface area contributed by atoms with Crippen molar-refractivity contribution in [2.45, 2.75) is 26.8 Å². The smallest absolute Gasteiger partial charge is 0.291 e.